The molecule has 0 unspecified atom stereocenters. The topological polar surface area (TPSA) is 94.5 Å². The Hall–Kier alpha value is -1.83. The highest BCUT2D eigenvalue weighted by molar-refractivity contribution is 6.04. The number of ether oxygens (including phenoxy) is 4. The van der Waals surface area contributed by atoms with Gasteiger partial charge in [0.15, 0.2) is 23.1 Å². The van der Waals surface area contributed by atoms with Crippen LogP contribution in [0, 0.1) is 11.8 Å². The van der Waals surface area contributed by atoms with Crippen molar-refractivity contribution in [2.24, 2.45) is 11.8 Å². The van der Waals surface area contributed by atoms with Crippen molar-refractivity contribution in [3.63, 3.8) is 0 Å². The Morgan fingerprint density at radius 1 is 1.29 bits per heavy atom. The zero-order valence-corrected chi connectivity index (χ0v) is 14.2. The molecule has 2 aliphatic rings. The van der Waals surface area contributed by atoms with E-state index >= 15 is 0 Å². The predicted molar refractivity (Wildman–Crippen MR) is 83.4 cm³/mol. The van der Waals surface area contributed by atoms with Gasteiger partial charge in [0.05, 0.1) is 31.3 Å². The van der Waals surface area contributed by atoms with E-state index in [-0.39, 0.29) is 46.7 Å². The highest BCUT2D eigenvalue weighted by atomic mass is 16.7. The van der Waals surface area contributed by atoms with Gasteiger partial charge in [-0.15, -0.1) is 0 Å². The number of hydrogen-bond donors (Lipinski definition) is 2. The quantitative estimate of drug-likeness (QED) is 0.814. The van der Waals surface area contributed by atoms with Crippen LogP contribution in [0.4, 0.5) is 0 Å². The molecule has 1 saturated heterocycles. The Bertz CT molecular complexity index is 671. The van der Waals surface area contributed by atoms with Gasteiger partial charge in [-0.3, -0.25) is 4.79 Å². The van der Waals surface area contributed by atoms with Gasteiger partial charge in [-0.1, -0.05) is 0 Å². The number of carbonyl (C=O) groups excluding carboxylic acids is 1. The molecular weight excluding hydrogens is 316 g/mol. The molecule has 1 aromatic rings. The molecule has 0 amide bonds. The van der Waals surface area contributed by atoms with Gasteiger partial charge in [0.1, 0.15) is 5.75 Å². The average molecular weight is 338 g/mol. The molecule has 0 spiro atoms. The van der Waals surface area contributed by atoms with Crippen molar-refractivity contribution in [3.05, 3.63) is 17.2 Å². The Morgan fingerprint density at radius 3 is 2.58 bits per heavy atom. The zero-order chi connectivity index (χ0) is 17.6. The third kappa shape index (κ3) is 2.35. The molecule has 2 N–H and O–H groups in total. The maximum absolute atomic E-state index is 12.9. The monoisotopic (exact) mass is 338 g/mol. The largest absolute Gasteiger partial charge is 0.507 e. The van der Waals surface area contributed by atoms with E-state index in [0.29, 0.717) is 6.42 Å². The fourth-order valence-electron chi connectivity index (χ4n) is 3.79. The van der Waals surface area contributed by atoms with Crippen LogP contribution in [0.3, 0.4) is 0 Å². The third-order valence-electron chi connectivity index (χ3n) is 5.14. The minimum absolute atomic E-state index is 0.0750. The van der Waals surface area contributed by atoms with Gasteiger partial charge < -0.3 is 29.2 Å². The lowest BCUT2D eigenvalue weighted by atomic mass is 9.69. The summed E-state index contributed by atoms with van der Waals surface area (Å²) in [7, 11) is 4.44. The summed E-state index contributed by atoms with van der Waals surface area (Å²) in [4.78, 5) is 12.9. The first-order chi connectivity index (χ1) is 11.4. The molecule has 7 nitrogen and oxygen atoms in total. The SMILES string of the molecule is COc1cc(O)c2c(c1O)[C@@H](OC)[C@H]1C[C@](C)(OC)OC[C@@H]1C2=O. The average Bonchev–Trinajstić information content (AvgIpc) is 2.57. The van der Waals surface area contributed by atoms with Crippen LogP contribution in [0.5, 0.6) is 17.2 Å². The van der Waals surface area contributed by atoms with Crippen LogP contribution in [0.1, 0.15) is 35.4 Å². The maximum Gasteiger partial charge on any atom is 0.172 e. The van der Waals surface area contributed by atoms with Crippen molar-refractivity contribution in [2.45, 2.75) is 25.2 Å². The lowest BCUT2D eigenvalue weighted by Gasteiger charge is -2.46. The number of hydrogen-bond acceptors (Lipinski definition) is 7. The van der Waals surface area contributed by atoms with E-state index in [4.69, 9.17) is 18.9 Å². The summed E-state index contributed by atoms with van der Waals surface area (Å²) in [5.74, 6) is -2.13. The molecule has 7 heteroatoms. The van der Waals surface area contributed by atoms with Crippen molar-refractivity contribution in [1.82, 2.24) is 0 Å². The van der Waals surface area contributed by atoms with E-state index in [1.807, 2.05) is 0 Å². The van der Waals surface area contributed by atoms with Gasteiger partial charge in [-0.25, -0.2) is 0 Å². The Balaban J connectivity index is 2.17. The number of aromatic hydroxyl groups is 2. The zero-order valence-electron chi connectivity index (χ0n) is 14.2. The number of rotatable bonds is 3. The predicted octanol–water partition coefficient (Wildman–Crippen LogP) is 2.01. The number of phenolic OH excluding ortho intramolecular Hbond substituents is 2. The maximum atomic E-state index is 12.9. The number of methoxy groups -OCH3 is 3. The van der Waals surface area contributed by atoms with Crippen LogP contribution in [-0.2, 0) is 14.2 Å². The van der Waals surface area contributed by atoms with Crippen LogP contribution in [0.2, 0.25) is 0 Å². The number of Topliss-reactive ketones (excluding diaryl/α,β-unsaturated/α-hetero) is 1. The normalized spacial score (nSPS) is 32.2. The van der Waals surface area contributed by atoms with Gasteiger partial charge in [-0.05, 0) is 6.92 Å². The molecule has 0 bridgehead atoms. The first-order valence-corrected chi connectivity index (χ1v) is 7.75. The van der Waals surface area contributed by atoms with Crippen molar-refractivity contribution in [2.75, 3.05) is 27.9 Å². The number of carbonyl (C=O) groups is 1. The molecular formula is C17H22O7. The van der Waals surface area contributed by atoms with Gasteiger partial charge in [0, 0.05) is 38.2 Å². The van der Waals surface area contributed by atoms with Gasteiger partial charge in [0.25, 0.3) is 0 Å². The number of phenols is 2. The number of ketones is 1. The molecule has 3 rings (SSSR count). The minimum Gasteiger partial charge on any atom is -0.507 e. The van der Waals surface area contributed by atoms with Gasteiger partial charge in [0.2, 0.25) is 0 Å². The van der Waals surface area contributed by atoms with Crippen molar-refractivity contribution < 1.29 is 34.0 Å². The molecule has 1 fully saturated rings. The molecule has 0 radical (unpaired) electrons. The Labute approximate surface area is 140 Å². The third-order valence-corrected chi connectivity index (χ3v) is 5.14. The van der Waals surface area contributed by atoms with Gasteiger partial charge in [-0.2, -0.15) is 0 Å². The molecule has 1 aromatic carbocycles. The second-order valence-electron chi connectivity index (χ2n) is 6.38. The summed E-state index contributed by atoms with van der Waals surface area (Å²) >= 11 is 0. The van der Waals surface area contributed by atoms with E-state index in [1.165, 1.54) is 20.3 Å². The summed E-state index contributed by atoms with van der Waals surface area (Å²) in [6.45, 7) is 1.97. The summed E-state index contributed by atoms with van der Waals surface area (Å²) < 4.78 is 21.8. The van der Waals surface area contributed by atoms with Crippen LogP contribution in [0.25, 0.3) is 0 Å². The van der Waals surface area contributed by atoms with Crippen LogP contribution in [0.15, 0.2) is 6.07 Å². The fourth-order valence-corrected chi connectivity index (χ4v) is 3.79. The van der Waals surface area contributed by atoms with E-state index in [9.17, 15) is 15.0 Å². The number of fused-ring (bicyclic) bond motifs is 2. The second-order valence-corrected chi connectivity index (χ2v) is 6.38. The molecule has 1 aliphatic heterocycles. The lowest BCUT2D eigenvalue weighted by Crippen LogP contribution is -2.50. The summed E-state index contributed by atoms with van der Waals surface area (Å²) in [6.07, 6.45) is -0.156. The molecule has 1 heterocycles. The highest BCUT2D eigenvalue weighted by Gasteiger charge is 2.51. The van der Waals surface area contributed by atoms with Crippen molar-refractivity contribution >= 4 is 5.78 Å². The molecule has 24 heavy (non-hydrogen) atoms. The first kappa shape index (κ1) is 17.0. The van der Waals surface area contributed by atoms with Gasteiger partial charge >= 0.3 is 0 Å². The summed E-state index contributed by atoms with van der Waals surface area (Å²) in [5.41, 5.74) is 0.340. The Morgan fingerprint density at radius 2 is 2.00 bits per heavy atom. The summed E-state index contributed by atoms with van der Waals surface area (Å²) in [5, 5.41) is 20.8. The standard InChI is InChI=1S/C17H22O7/c1-17(23-4)6-8-9(7-24-17)14(19)12-10(18)5-11(21-2)15(20)13(12)16(8)22-3/h5,8-9,16,18,20H,6-7H2,1-4H3/t8-,9-,16-,17+/m0/s1. The molecule has 0 saturated carbocycles. The Kier molecular flexibility index (Phi) is 4.19. The van der Waals surface area contributed by atoms with Crippen LogP contribution < -0.4 is 4.74 Å². The highest BCUT2D eigenvalue weighted by Crippen LogP contribution is 2.53. The fraction of sp³-hybridized carbons (Fsp3) is 0.588. The van der Waals surface area contributed by atoms with E-state index in [1.54, 1.807) is 14.0 Å². The molecule has 0 aromatic heterocycles. The first-order valence-electron chi connectivity index (χ1n) is 7.75. The minimum atomic E-state index is -0.827. The lowest BCUT2D eigenvalue weighted by molar-refractivity contribution is -0.258. The van der Waals surface area contributed by atoms with E-state index in [0.717, 1.165) is 0 Å². The number of benzene rings is 1. The summed E-state index contributed by atoms with van der Waals surface area (Å²) in [6, 6.07) is 1.24. The van der Waals surface area contributed by atoms with E-state index < -0.39 is 17.8 Å². The molecule has 1 aliphatic carbocycles. The molecule has 4 atom stereocenters. The second kappa shape index (κ2) is 5.91. The van der Waals surface area contributed by atoms with Crippen molar-refractivity contribution in [1.29, 1.82) is 0 Å². The van der Waals surface area contributed by atoms with Crippen LogP contribution in [-0.4, -0.2) is 49.7 Å². The molecule has 132 valence electrons. The smallest absolute Gasteiger partial charge is 0.172 e. The van der Waals surface area contributed by atoms with Crippen molar-refractivity contribution in [3.8, 4) is 17.2 Å². The van der Waals surface area contributed by atoms with Crippen LogP contribution >= 0.6 is 0 Å². The van der Waals surface area contributed by atoms with E-state index in [2.05, 4.69) is 0 Å².